The summed E-state index contributed by atoms with van der Waals surface area (Å²) in [6.45, 7) is 1.50. The summed E-state index contributed by atoms with van der Waals surface area (Å²) in [4.78, 5) is 21.8. The minimum atomic E-state index is -0.511. The van der Waals surface area contributed by atoms with Crippen molar-refractivity contribution in [2.75, 3.05) is 13.1 Å². The molecule has 138 valence electrons. The summed E-state index contributed by atoms with van der Waals surface area (Å²) < 4.78 is 18.5. The van der Waals surface area contributed by atoms with Gasteiger partial charge in [0, 0.05) is 19.5 Å². The first kappa shape index (κ1) is 17.2. The Labute approximate surface area is 156 Å². The first-order chi connectivity index (χ1) is 13.2. The smallest absolute Gasteiger partial charge is 0.317 e. The lowest BCUT2D eigenvalue weighted by Crippen LogP contribution is -2.39. The average Bonchev–Trinajstić information content (AvgIpc) is 3.16. The van der Waals surface area contributed by atoms with E-state index in [4.69, 9.17) is 4.74 Å². The maximum atomic E-state index is 12.8. The first-order valence-corrected chi connectivity index (χ1v) is 8.82. The molecule has 1 saturated heterocycles. The second-order valence-electron chi connectivity index (χ2n) is 6.46. The normalized spacial score (nSPS) is 16.5. The summed E-state index contributed by atoms with van der Waals surface area (Å²) in [6.07, 6.45) is 2.61. The van der Waals surface area contributed by atoms with Crippen LogP contribution in [0.3, 0.4) is 0 Å². The monoisotopic (exact) mass is 366 g/mol. The zero-order chi connectivity index (χ0) is 18.6. The molecule has 3 aromatic rings. The number of fused-ring (bicyclic) bond motifs is 1. The second-order valence-corrected chi connectivity index (χ2v) is 6.46. The predicted molar refractivity (Wildman–Crippen MR) is 98.8 cm³/mol. The van der Waals surface area contributed by atoms with Crippen LogP contribution in [0.1, 0.15) is 12.0 Å². The van der Waals surface area contributed by atoms with Gasteiger partial charge >= 0.3 is 12.0 Å². The summed E-state index contributed by atoms with van der Waals surface area (Å²) >= 11 is 0. The fourth-order valence-corrected chi connectivity index (χ4v) is 3.25. The van der Waals surface area contributed by atoms with E-state index >= 15 is 0 Å². The van der Waals surface area contributed by atoms with Crippen LogP contribution in [0.2, 0.25) is 0 Å². The Morgan fingerprint density at radius 2 is 1.96 bits per heavy atom. The molecular formula is C20H19FN4O2. The number of carbonyl (C=O) groups excluding carboxylic acids is 1. The fourth-order valence-electron chi connectivity index (χ4n) is 3.25. The molecule has 1 aromatic heterocycles. The largest absolute Gasteiger partial charge is 0.458 e. The molecule has 2 heterocycles. The number of amides is 2. The SMILES string of the molecule is O=C(NCc1cccc2ccccc12)N1CC[C@H](Oc2ncc(F)cn2)C1. The Morgan fingerprint density at radius 1 is 1.19 bits per heavy atom. The van der Waals surface area contributed by atoms with Crippen LogP contribution in [0.15, 0.2) is 54.9 Å². The van der Waals surface area contributed by atoms with Gasteiger partial charge in [0.05, 0.1) is 18.9 Å². The van der Waals surface area contributed by atoms with Crippen molar-refractivity contribution < 1.29 is 13.9 Å². The summed E-state index contributed by atoms with van der Waals surface area (Å²) in [6, 6.07) is 14.2. The Kier molecular flexibility index (Phi) is 4.82. The standard InChI is InChI=1S/C20H19FN4O2/c21-16-11-22-19(23-12-16)27-17-8-9-25(13-17)20(26)24-10-15-6-3-5-14-4-1-2-7-18(14)15/h1-7,11-12,17H,8-10,13H2,(H,24,26)/t17-/m0/s1. The van der Waals surface area contributed by atoms with E-state index in [0.29, 0.717) is 26.1 Å². The number of urea groups is 1. The van der Waals surface area contributed by atoms with Crippen LogP contribution in [0.25, 0.3) is 10.8 Å². The molecule has 7 heteroatoms. The molecule has 2 amide bonds. The maximum Gasteiger partial charge on any atom is 0.317 e. The van der Waals surface area contributed by atoms with Crippen LogP contribution in [0, 0.1) is 5.82 Å². The van der Waals surface area contributed by atoms with E-state index in [1.807, 2.05) is 24.3 Å². The summed E-state index contributed by atoms with van der Waals surface area (Å²) in [7, 11) is 0. The summed E-state index contributed by atoms with van der Waals surface area (Å²) in [5.74, 6) is -0.511. The van der Waals surface area contributed by atoms with Gasteiger partial charge in [0.2, 0.25) is 0 Å². The van der Waals surface area contributed by atoms with Gasteiger partial charge < -0.3 is 15.0 Å². The topological polar surface area (TPSA) is 67.4 Å². The number of nitrogens with one attached hydrogen (secondary N) is 1. The highest BCUT2D eigenvalue weighted by molar-refractivity contribution is 5.86. The number of carbonyl (C=O) groups is 1. The van der Waals surface area contributed by atoms with Crippen molar-refractivity contribution in [3.8, 4) is 6.01 Å². The second kappa shape index (κ2) is 7.57. The maximum absolute atomic E-state index is 12.8. The summed E-state index contributed by atoms with van der Waals surface area (Å²) in [5, 5.41) is 5.26. The number of ether oxygens (including phenoxy) is 1. The van der Waals surface area contributed by atoms with E-state index in [9.17, 15) is 9.18 Å². The van der Waals surface area contributed by atoms with Crippen molar-refractivity contribution in [3.63, 3.8) is 0 Å². The molecule has 1 aliphatic heterocycles. The molecule has 0 spiro atoms. The lowest BCUT2D eigenvalue weighted by atomic mass is 10.0. The van der Waals surface area contributed by atoms with Crippen LogP contribution < -0.4 is 10.1 Å². The molecule has 0 saturated carbocycles. The van der Waals surface area contributed by atoms with E-state index < -0.39 is 5.82 Å². The van der Waals surface area contributed by atoms with E-state index in [2.05, 4.69) is 33.5 Å². The molecule has 0 aliphatic carbocycles. The van der Waals surface area contributed by atoms with Crippen molar-refractivity contribution in [1.82, 2.24) is 20.2 Å². The van der Waals surface area contributed by atoms with Crippen molar-refractivity contribution in [3.05, 3.63) is 66.2 Å². The Hall–Kier alpha value is -3.22. The first-order valence-electron chi connectivity index (χ1n) is 8.82. The number of benzene rings is 2. The molecule has 4 rings (SSSR count). The zero-order valence-electron chi connectivity index (χ0n) is 14.6. The van der Waals surface area contributed by atoms with Gasteiger partial charge in [-0.1, -0.05) is 42.5 Å². The Bertz CT molecular complexity index is 943. The molecule has 0 radical (unpaired) electrons. The van der Waals surface area contributed by atoms with Gasteiger partial charge in [-0.25, -0.2) is 19.2 Å². The van der Waals surface area contributed by atoms with Gasteiger partial charge in [0.15, 0.2) is 5.82 Å². The number of aromatic nitrogens is 2. The van der Waals surface area contributed by atoms with Crippen molar-refractivity contribution in [2.45, 2.75) is 19.1 Å². The van der Waals surface area contributed by atoms with Gasteiger partial charge in [-0.15, -0.1) is 0 Å². The van der Waals surface area contributed by atoms with Gasteiger partial charge in [0.25, 0.3) is 0 Å². The lowest BCUT2D eigenvalue weighted by Gasteiger charge is -2.18. The number of likely N-dealkylation sites (tertiary alicyclic amines) is 1. The van der Waals surface area contributed by atoms with Crippen molar-refractivity contribution in [1.29, 1.82) is 0 Å². The minimum absolute atomic E-state index is 0.124. The molecule has 1 N–H and O–H groups in total. The highest BCUT2D eigenvalue weighted by atomic mass is 19.1. The summed E-state index contributed by atoms with van der Waals surface area (Å²) in [5.41, 5.74) is 1.08. The number of nitrogens with zero attached hydrogens (tertiary/aromatic N) is 3. The van der Waals surface area contributed by atoms with E-state index in [1.54, 1.807) is 4.90 Å². The van der Waals surface area contributed by atoms with E-state index in [-0.39, 0.29) is 18.1 Å². The molecule has 1 fully saturated rings. The van der Waals surface area contributed by atoms with Crippen molar-refractivity contribution in [2.24, 2.45) is 0 Å². The molecule has 1 atom stereocenters. The predicted octanol–water partition coefficient (Wildman–Crippen LogP) is 3.13. The molecule has 27 heavy (non-hydrogen) atoms. The zero-order valence-corrected chi connectivity index (χ0v) is 14.6. The third kappa shape index (κ3) is 3.97. The molecule has 0 unspecified atom stereocenters. The van der Waals surface area contributed by atoms with Crippen LogP contribution in [-0.2, 0) is 6.54 Å². The number of rotatable bonds is 4. The highest BCUT2D eigenvalue weighted by Crippen LogP contribution is 2.19. The van der Waals surface area contributed by atoms with E-state index in [1.165, 1.54) is 0 Å². The molecule has 2 aromatic carbocycles. The van der Waals surface area contributed by atoms with Crippen LogP contribution >= 0.6 is 0 Å². The molecule has 0 bridgehead atoms. The third-order valence-electron chi connectivity index (χ3n) is 4.61. The minimum Gasteiger partial charge on any atom is -0.458 e. The fraction of sp³-hybridized carbons (Fsp3) is 0.250. The van der Waals surface area contributed by atoms with Gasteiger partial charge in [-0.3, -0.25) is 0 Å². The van der Waals surface area contributed by atoms with E-state index in [0.717, 1.165) is 28.7 Å². The lowest BCUT2D eigenvalue weighted by molar-refractivity contribution is 0.177. The molecule has 6 nitrogen and oxygen atoms in total. The third-order valence-corrected chi connectivity index (χ3v) is 4.61. The van der Waals surface area contributed by atoms with Crippen LogP contribution in [0.5, 0.6) is 6.01 Å². The number of hydrogen-bond donors (Lipinski definition) is 1. The Balaban J connectivity index is 1.33. The van der Waals surface area contributed by atoms with Gasteiger partial charge in [-0.2, -0.15) is 0 Å². The van der Waals surface area contributed by atoms with Gasteiger partial charge in [0.1, 0.15) is 6.10 Å². The quantitative estimate of drug-likeness (QED) is 0.770. The van der Waals surface area contributed by atoms with Crippen molar-refractivity contribution >= 4 is 16.8 Å². The van der Waals surface area contributed by atoms with Crippen LogP contribution in [-0.4, -0.2) is 40.1 Å². The van der Waals surface area contributed by atoms with Crippen LogP contribution in [0.4, 0.5) is 9.18 Å². The highest BCUT2D eigenvalue weighted by Gasteiger charge is 2.28. The molecule has 1 aliphatic rings. The number of halogens is 1. The molecular weight excluding hydrogens is 347 g/mol. The number of hydrogen-bond acceptors (Lipinski definition) is 4. The average molecular weight is 366 g/mol. The Morgan fingerprint density at radius 3 is 2.81 bits per heavy atom. The van der Waals surface area contributed by atoms with Gasteiger partial charge in [-0.05, 0) is 16.3 Å².